The van der Waals surface area contributed by atoms with Crippen molar-refractivity contribution < 1.29 is 19.0 Å². The number of guanidine groups is 1. The predicted octanol–water partition coefficient (Wildman–Crippen LogP) is 2.42. The number of hydrogen-bond donors (Lipinski definition) is 2. The van der Waals surface area contributed by atoms with Crippen molar-refractivity contribution in [3.05, 3.63) is 35.9 Å². The quantitative estimate of drug-likeness (QED) is 0.739. The van der Waals surface area contributed by atoms with Crippen LogP contribution < -0.4 is 10.6 Å². The molecule has 0 aliphatic carbocycles. The highest BCUT2D eigenvalue weighted by atomic mass is 16.7. The van der Waals surface area contributed by atoms with Crippen LogP contribution in [0, 0.1) is 0 Å². The molecule has 0 spiro atoms. The summed E-state index contributed by atoms with van der Waals surface area (Å²) in [7, 11) is 3.25. The summed E-state index contributed by atoms with van der Waals surface area (Å²) in [4.78, 5) is 16.5. The first-order chi connectivity index (χ1) is 12.1. The van der Waals surface area contributed by atoms with E-state index in [0.29, 0.717) is 5.96 Å². The number of ether oxygens (including phenoxy) is 3. The molecule has 0 bridgehead atoms. The van der Waals surface area contributed by atoms with Crippen molar-refractivity contribution >= 4 is 12.1 Å². The number of benzene rings is 1. The molecule has 0 radical (unpaired) electrons. The third-order valence-electron chi connectivity index (χ3n) is 4.02. The van der Waals surface area contributed by atoms with Gasteiger partial charge < -0.3 is 19.5 Å². The van der Waals surface area contributed by atoms with E-state index in [1.807, 2.05) is 30.3 Å². The molecule has 2 rings (SSSR count). The number of methoxy groups -OCH3 is 2. The number of nitrogens with zero attached hydrogens (tertiary/aromatic N) is 1. The molecule has 0 fully saturated rings. The van der Waals surface area contributed by atoms with Gasteiger partial charge in [-0.1, -0.05) is 30.3 Å². The minimum absolute atomic E-state index is 0.105. The number of carbonyl (C=O) groups is 1. The van der Waals surface area contributed by atoms with E-state index in [-0.39, 0.29) is 25.0 Å². The van der Waals surface area contributed by atoms with E-state index in [4.69, 9.17) is 14.2 Å². The van der Waals surface area contributed by atoms with Gasteiger partial charge in [0.1, 0.15) is 6.61 Å². The number of alkyl carbamates (subject to hydrolysis) is 1. The topological polar surface area (TPSA) is 81.2 Å². The van der Waals surface area contributed by atoms with Crippen molar-refractivity contribution in [2.45, 2.75) is 51.2 Å². The Morgan fingerprint density at radius 1 is 1.32 bits per heavy atom. The fourth-order valence-electron chi connectivity index (χ4n) is 2.74. The summed E-state index contributed by atoms with van der Waals surface area (Å²) in [5.74, 6) is 0.452. The van der Waals surface area contributed by atoms with Crippen molar-refractivity contribution in [1.29, 1.82) is 0 Å². The van der Waals surface area contributed by atoms with Gasteiger partial charge in [0.2, 0.25) is 5.96 Å². The lowest BCUT2D eigenvalue weighted by Crippen LogP contribution is -2.49. The van der Waals surface area contributed by atoms with Crippen molar-refractivity contribution in [3.63, 3.8) is 0 Å². The zero-order valence-electron chi connectivity index (χ0n) is 15.0. The smallest absolute Gasteiger partial charge is 0.414 e. The number of nitrogens with one attached hydrogen (secondary N) is 2. The maximum absolute atomic E-state index is 12.0. The van der Waals surface area contributed by atoms with E-state index >= 15 is 0 Å². The van der Waals surface area contributed by atoms with Crippen molar-refractivity contribution in [2.24, 2.45) is 4.99 Å². The van der Waals surface area contributed by atoms with Crippen LogP contribution in [-0.4, -0.2) is 44.6 Å². The van der Waals surface area contributed by atoms with Gasteiger partial charge in [-0.05, 0) is 25.3 Å². The molecule has 1 heterocycles. The molecule has 0 unspecified atom stereocenters. The zero-order valence-corrected chi connectivity index (χ0v) is 15.0. The van der Waals surface area contributed by atoms with Gasteiger partial charge in [-0.25, -0.2) is 9.79 Å². The van der Waals surface area contributed by atoms with Crippen LogP contribution in [0.4, 0.5) is 4.79 Å². The number of carbonyl (C=O) groups excluding carboxylic acids is 1. The van der Waals surface area contributed by atoms with Crippen LogP contribution in [0.25, 0.3) is 0 Å². The number of aliphatic imine (C=N–C) groups is 1. The first-order valence-corrected chi connectivity index (χ1v) is 8.48. The van der Waals surface area contributed by atoms with E-state index < -0.39 is 6.09 Å². The summed E-state index contributed by atoms with van der Waals surface area (Å²) in [6.45, 7) is 2.28. The van der Waals surface area contributed by atoms with Crippen LogP contribution in [-0.2, 0) is 20.8 Å². The number of hydrogen-bond acceptors (Lipinski definition) is 6. The second kappa shape index (κ2) is 10.0. The highest BCUT2D eigenvalue weighted by Gasteiger charge is 2.22. The fourth-order valence-corrected chi connectivity index (χ4v) is 2.74. The number of amides is 1. The molecule has 7 heteroatoms. The highest BCUT2D eigenvalue weighted by molar-refractivity contribution is 5.94. The normalized spacial score (nSPS) is 19.9. The zero-order chi connectivity index (χ0) is 18.1. The Hall–Kier alpha value is -2.12. The Kier molecular flexibility index (Phi) is 7.69. The summed E-state index contributed by atoms with van der Waals surface area (Å²) >= 11 is 0. The lowest BCUT2D eigenvalue weighted by atomic mass is 10.0. The van der Waals surface area contributed by atoms with E-state index in [2.05, 4.69) is 22.5 Å². The minimum atomic E-state index is -0.519. The van der Waals surface area contributed by atoms with Gasteiger partial charge in [0, 0.05) is 26.7 Å². The Balaban J connectivity index is 1.83. The largest absolute Gasteiger partial charge is 0.444 e. The summed E-state index contributed by atoms with van der Waals surface area (Å²) in [5.41, 5.74) is 0.938. The molecule has 138 valence electrons. The first-order valence-electron chi connectivity index (χ1n) is 8.48. The monoisotopic (exact) mass is 349 g/mol. The lowest BCUT2D eigenvalue weighted by molar-refractivity contribution is -0.107. The van der Waals surface area contributed by atoms with Gasteiger partial charge in [0.25, 0.3) is 0 Å². The second-order valence-electron chi connectivity index (χ2n) is 6.08. The molecule has 0 saturated heterocycles. The average molecular weight is 349 g/mol. The molecule has 0 saturated carbocycles. The molecule has 2 atom stereocenters. The standard InChI is InChI=1S/C18H27N3O4/c1-13-11-15(9-10-16(23-2)24-3)20-17(19-13)21-18(22)25-12-14-7-5-4-6-8-14/h4-8,13,15-16H,9-12H2,1-3H3,(H2,19,20,21,22)/t13-,15+/m0/s1. The molecular weight excluding hydrogens is 322 g/mol. The Morgan fingerprint density at radius 3 is 2.72 bits per heavy atom. The molecule has 25 heavy (non-hydrogen) atoms. The van der Waals surface area contributed by atoms with Crippen LogP contribution in [0.5, 0.6) is 0 Å². The lowest BCUT2D eigenvalue weighted by Gasteiger charge is -2.28. The molecule has 2 N–H and O–H groups in total. The number of rotatable bonds is 7. The maximum atomic E-state index is 12.0. The SMILES string of the molecule is COC(CC[C@@H]1C[C@H](C)NC(NC(=O)OCc2ccccc2)=N1)OC. The van der Waals surface area contributed by atoms with Gasteiger partial charge in [0.15, 0.2) is 6.29 Å². The molecule has 1 aliphatic heterocycles. The minimum Gasteiger partial charge on any atom is -0.444 e. The van der Waals surface area contributed by atoms with Gasteiger partial charge in [-0.3, -0.25) is 5.32 Å². The van der Waals surface area contributed by atoms with E-state index in [9.17, 15) is 4.79 Å². The van der Waals surface area contributed by atoms with Crippen molar-refractivity contribution in [1.82, 2.24) is 10.6 Å². The van der Waals surface area contributed by atoms with Crippen LogP contribution in [0.3, 0.4) is 0 Å². The summed E-state index contributed by atoms with van der Waals surface area (Å²) in [5, 5.41) is 5.85. The molecule has 1 aromatic carbocycles. The van der Waals surface area contributed by atoms with Gasteiger partial charge in [-0.15, -0.1) is 0 Å². The van der Waals surface area contributed by atoms with Crippen LogP contribution in [0.2, 0.25) is 0 Å². The van der Waals surface area contributed by atoms with Crippen LogP contribution in [0.15, 0.2) is 35.3 Å². The van der Waals surface area contributed by atoms with E-state index in [1.54, 1.807) is 14.2 Å². The van der Waals surface area contributed by atoms with Crippen LogP contribution >= 0.6 is 0 Å². The Bertz CT molecular complexity index is 561. The molecule has 0 aromatic heterocycles. The molecule has 1 amide bonds. The van der Waals surface area contributed by atoms with E-state index in [1.165, 1.54) is 0 Å². The summed E-state index contributed by atoms with van der Waals surface area (Å²) < 4.78 is 15.6. The van der Waals surface area contributed by atoms with Crippen molar-refractivity contribution in [3.8, 4) is 0 Å². The maximum Gasteiger partial charge on any atom is 0.414 e. The Labute approximate surface area is 148 Å². The third kappa shape index (κ3) is 6.72. The third-order valence-corrected chi connectivity index (χ3v) is 4.02. The first kappa shape index (κ1) is 19.2. The average Bonchev–Trinajstić information content (AvgIpc) is 2.61. The molecule has 1 aromatic rings. The van der Waals surface area contributed by atoms with E-state index in [0.717, 1.165) is 24.8 Å². The van der Waals surface area contributed by atoms with Crippen LogP contribution in [0.1, 0.15) is 31.7 Å². The van der Waals surface area contributed by atoms with Gasteiger partial charge >= 0.3 is 6.09 Å². The fraction of sp³-hybridized carbons (Fsp3) is 0.556. The highest BCUT2D eigenvalue weighted by Crippen LogP contribution is 2.16. The predicted molar refractivity (Wildman–Crippen MR) is 95.2 cm³/mol. The Morgan fingerprint density at radius 2 is 2.04 bits per heavy atom. The second-order valence-corrected chi connectivity index (χ2v) is 6.08. The summed E-state index contributed by atoms with van der Waals surface area (Å²) in [6, 6.07) is 9.87. The van der Waals surface area contributed by atoms with Gasteiger partial charge in [0.05, 0.1) is 6.04 Å². The van der Waals surface area contributed by atoms with Gasteiger partial charge in [-0.2, -0.15) is 0 Å². The molecule has 7 nitrogen and oxygen atoms in total. The molecular formula is C18H27N3O4. The van der Waals surface area contributed by atoms with Crippen molar-refractivity contribution in [2.75, 3.05) is 14.2 Å². The molecule has 1 aliphatic rings. The summed E-state index contributed by atoms with van der Waals surface area (Å²) in [6.07, 6.45) is 1.72.